The van der Waals surface area contributed by atoms with Gasteiger partial charge < -0.3 is 14.2 Å². The third-order valence-electron chi connectivity index (χ3n) is 4.22. The molecule has 1 fully saturated rings. The van der Waals surface area contributed by atoms with Crippen LogP contribution in [0.5, 0.6) is 5.75 Å². The van der Waals surface area contributed by atoms with Crippen LogP contribution in [0.2, 0.25) is 0 Å². The zero-order valence-electron chi connectivity index (χ0n) is 13.3. The van der Waals surface area contributed by atoms with E-state index < -0.39 is 17.4 Å². The first kappa shape index (κ1) is 16.3. The largest absolute Gasteiger partial charge is 0.497 e. The first-order valence-corrected chi connectivity index (χ1v) is 7.58. The van der Waals surface area contributed by atoms with E-state index in [4.69, 9.17) is 14.2 Å². The molecular weight excluding hydrogens is 284 g/mol. The first-order valence-electron chi connectivity index (χ1n) is 7.58. The van der Waals surface area contributed by atoms with Crippen LogP contribution in [0.1, 0.15) is 38.2 Å². The maximum atomic E-state index is 12.4. The number of hydrogen-bond donors (Lipinski definition) is 0. The molecule has 1 aromatic rings. The highest BCUT2D eigenvalue weighted by atomic mass is 16.6. The minimum atomic E-state index is -1.21. The van der Waals surface area contributed by atoms with Gasteiger partial charge in [-0.3, -0.25) is 9.59 Å². The molecule has 1 saturated carbocycles. The lowest BCUT2D eigenvalue weighted by atomic mass is 9.57. The van der Waals surface area contributed by atoms with Crippen molar-refractivity contribution in [3.63, 3.8) is 0 Å². The Morgan fingerprint density at radius 2 is 1.64 bits per heavy atom. The fourth-order valence-corrected chi connectivity index (χ4v) is 2.96. The van der Waals surface area contributed by atoms with Crippen molar-refractivity contribution >= 4 is 11.9 Å². The molecule has 0 aliphatic heterocycles. The monoisotopic (exact) mass is 306 g/mol. The summed E-state index contributed by atoms with van der Waals surface area (Å²) in [6.07, 6.45) is 1.21. The molecule has 0 saturated heterocycles. The second-order valence-electron chi connectivity index (χ2n) is 5.28. The van der Waals surface area contributed by atoms with Gasteiger partial charge in [-0.1, -0.05) is 12.1 Å². The fourth-order valence-electron chi connectivity index (χ4n) is 2.96. The second kappa shape index (κ2) is 6.81. The Morgan fingerprint density at radius 3 is 2.00 bits per heavy atom. The van der Waals surface area contributed by atoms with Crippen LogP contribution in [0.25, 0.3) is 0 Å². The number of methoxy groups -OCH3 is 1. The summed E-state index contributed by atoms with van der Waals surface area (Å²) in [5.74, 6) is -0.446. The van der Waals surface area contributed by atoms with Crippen molar-refractivity contribution < 1.29 is 23.8 Å². The quantitative estimate of drug-likeness (QED) is 0.597. The summed E-state index contributed by atoms with van der Waals surface area (Å²) >= 11 is 0. The number of carbonyl (C=O) groups excluding carboxylic acids is 2. The van der Waals surface area contributed by atoms with Gasteiger partial charge in [-0.15, -0.1) is 0 Å². The fraction of sp³-hybridized carbons (Fsp3) is 0.529. The Balaban J connectivity index is 2.32. The molecule has 120 valence electrons. The summed E-state index contributed by atoms with van der Waals surface area (Å²) in [5.41, 5.74) is -0.284. The van der Waals surface area contributed by atoms with Crippen molar-refractivity contribution in [2.75, 3.05) is 20.3 Å². The number of esters is 2. The molecule has 2 rings (SSSR count). The first-order chi connectivity index (χ1) is 10.6. The molecule has 1 atom stereocenters. The molecule has 5 nitrogen and oxygen atoms in total. The maximum absolute atomic E-state index is 12.4. The Bertz CT molecular complexity index is 516. The molecule has 0 radical (unpaired) electrons. The van der Waals surface area contributed by atoms with E-state index >= 15 is 0 Å². The third-order valence-corrected chi connectivity index (χ3v) is 4.22. The van der Waals surface area contributed by atoms with Gasteiger partial charge >= 0.3 is 11.9 Å². The number of ether oxygens (including phenoxy) is 3. The van der Waals surface area contributed by atoms with Gasteiger partial charge in [0.05, 0.1) is 20.3 Å². The molecule has 1 unspecified atom stereocenters. The molecule has 0 amide bonds. The Morgan fingerprint density at radius 1 is 1.09 bits per heavy atom. The van der Waals surface area contributed by atoms with E-state index in [9.17, 15) is 9.59 Å². The van der Waals surface area contributed by atoms with Crippen LogP contribution in [0, 0.1) is 5.41 Å². The molecule has 1 aliphatic carbocycles. The number of rotatable bonds is 6. The van der Waals surface area contributed by atoms with Crippen molar-refractivity contribution in [1.82, 2.24) is 0 Å². The molecule has 0 aromatic heterocycles. The van der Waals surface area contributed by atoms with E-state index in [-0.39, 0.29) is 19.1 Å². The predicted octanol–water partition coefficient (Wildman–Crippen LogP) is 2.69. The van der Waals surface area contributed by atoms with E-state index in [2.05, 4.69) is 0 Å². The molecule has 22 heavy (non-hydrogen) atoms. The van der Waals surface area contributed by atoms with Crippen LogP contribution in [0.15, 0.2) is 24.3 Å². The average molecular weight is 306 g/mol. The molecule has 1 aromatic carbocycles. The summed E-state index contributed by atoms with van der Waals surface area (Å²) in [4.78, 5) is 24.8. The Hall–Kier alpha value is -2.04. The summed E-state index contributed by atoms with van der Waals surface area (Å²) in [6.45, 7) is 3.96. The van der Waals surface area contributed by atoms with Crippen molar-refractivity contribution in [2.45, 2.75) is 32.6 Å². The summed E-state index contributed by atoms with van der Waals surface area (Å²) in [5, 5.41) is 0. The normalized spacial score (nSPS) is 19.0. The van der Waals surface area contributed by atoms with Gasteiger partial charge in [-0.25, -0.2) is 0 Å². The third kappa shape index (κ3) is 2.67. The van der Waals surface area contributed by atoms with Gasteiger partial charge in [0, 0.05) is 5.92 Å². The Labute approximate surface area is 130 Å². The standard InChI is InChI=1S/C17H22O5/c1-4-21-15(18)17(16(19)22-5-2)11-10-14(17)12-6-8-13(20-3)9-7-12/h6-9,14H,4-5,10-11H2,1-3H3. The maximum Gasteiger partial charge on any atom is 0.324 e. The molecule has 1 aliphatic rings. The summed E-state index contributed by atoms with van der Waals surface area (Å²) < 4.78 is 15.4. The SMILES string of the molecule is CCOC(=O)C1(C(=O)OCC)CCC1c1ccc(OC)cc1. The highest BCUT2D eigenvalue weighted by Crippen LogP contribution is 2.54. The number of hydrogen-bond acceptors (Lipinski definition) is 5. The van der Waals surface area contributed by atoms with Gasteiger partial charge in [0.1, 0.15) is 5.75 Å². The van der Waals surface area contributed by atoms with E-state index in [1.54, 1.807) is 21.0 Å². The highest BCUT2D eigenvalue weighted by Gasteiger charge is 2.61. The minimum Gasteiger partial charge on any atom is -0.497 e. The molecule has 0 spiro atoms. The molecule has 0 bridgehead atoms. The smallest absolute Gasteiger partial charge is 0.324 e. The topological polar surface area (TPSA) is 61.8 Å². The van der Waals surface area contributed by atoms with Crippen LogP contribution in [-0.4, -0.2) is 32.3 Å². The van der Waals surface area contributed by atoms with Crippen LogP contribution in [-0.2, 0) is 19.1 Å². The molecule has 0 N–H and O–H groups in total. The van der Waals surface area contributed by atoms with Gasteiger partial charge in [-0.05, 0) is 44.4 Å². The lowest BCUT2D eigenvalue weighted by molar-refractivity contribution is -0.181. The molecule has 5 heteroatoms. The molecule has 0 heterocycles. The van der Waals surface area contributed by atoms with Crippen molar-refractivity contribution in [3.8, 4) is 5.75 Å². The number of carbonyl (C=O) groups is 2. The lowest BCUT2D eigenvalue weighted by Crippen LogP contribution is -2.53. The van der Waals surface area contributed by atoms with Crippen LogP contribution >= 0.6 is 0 Å². The van der Waals surface area contributed by atoms with Crippen LogP contribution < -0.4 is 4.74 Å². The molecular formula is C17H22O5. The summed E-state index contributed by atoms with van der Waals surface area (Å²) in [6, 6.07) is 7.43. The zero-order valence-corrected chi connectivity index (χ0v) is 13.3. The van der Waals surface area contributed by atoms with Crippen molar-refractivity contribution in [1.29, 1.82) is 0 Å². The predicted molar refractivity (Wildman–Crippen MR) is 80.7 cm³/mol. The van der Waals surface area contributed by atoms with E-state index in [0.717, 1.165) is 17.7 Å². The van der Waals surface area contributed by atoms with Crippen molar-refractivity contribution in [2.24, 2.45) is 5.41 Å². The van der Waals surface area contributed by atoms with Gasteiger partial charge in [-0.2, -0.15) is 0 Å². The van der Waals surface area contributed by atoms with Crippen LogP contribution in [0.4, 0.5) is 0 Å². The minimum absolute atomic E-state index is 0.212. The van der Waals surface area contributed by atoms with Crippen LogP contribution in [0.3, 0.4) is 0 Å². The van der Waals surface area contributed by atoms with Crippen molar-refractivity contribution in [3.05, 3.63) is 29.8 Å². The van der Waals surface area contributed by atoms with E-state index in [1.165, 1.54) is 0 Å². The van der Waals surface area contributed by atoms with Gasteiger partial charge in [0.25, 0.3) is 0 Å². The van der Waals surface area contributed by atoms with Gasteiger partial charge in [0.15, 0.2) is 5.41 Å². The van der Waals surface area contributed by atoms with Gasteiger partial charge in [0.2, 0.25) is 0 Å². The lowest BCUT2D eigenvalue weighted by Gasteiger charge is -2.45. The second-order valence-corrected chi connectivity index (χ2v) is 5.28. The van der Waals surface area contributed by atoms with E-state index in [0.29, 0.717) is 6.42 Å². The number of benzene rings is 1. The Kier molecular flexibility index (Phi) is 5.06. The van der Waals surface area contributed by atoms with E-state index in [1.807, 2.05) is 24.3 Å². The average Bonchev–Trinajstić information content (AvgIpc) is 2.48. The zero-order chi connectivity index (χ0) is 16.2. The highest BCUT2D eigenvalue weighted by molar-refractivity contribution is 6.02. The summed E-state index contributed by atoms with van der Waals surface area (Å²) in [7, 11) is 1.60.